The first-order chi connectivity index (χ1) is 9.36. The molecule has 0 aliphatic carbocycles. The fraction of sp³-hybridized carbons (Fsp3) is 0.385. The van der Waals surface area contributed by atoms with E-state index in [1.54, 1.807) is 12.1 Å². The second-order valence-electron chi connectivity index (χ2n) is 5.40. The van der Waals surface area contributed by atoms with E-state index in [0.717, 1.165) is 5.82 Å². The van der Waals surface area contributed by atoms with E-state index in [2.05, 4.69) is 15.2 Å². The summed E-state index contributed by atoms with van der Waals surface area (Å²) in [5, 5.41) is 17.5. The fourth-order valence-corrected chi connectivity index (χ4v) is 1.51. The number of rotatable bonds is 4. The molecule has 7 nitrogen and oxygen atoms in total. The molecule has 0 atom stereocenters. The average Bonchev–Trinajstić information content (AvgIpc) is 2.85. The van der Waals surface area contributed by atoms with Crippen LogP contribution in [0.4, 0.5) is 5.69 Å². The number of aromatic amines is 1. The van der Waals surface area contributed by atoms with Crippen molar-refractivity contribution in [3.63, 3.8) is 0 Å². The average molecular weight is 276 g/mol. The minimum absolute atomic E-state index is 0.0343. The standard InChI is InChI=1S/C13H16N4O3/c1-13(2,3)12-14-11(15-16-12)8-20-10-6-4-9(5-7-10)17(18)19/h4-7H,8H2,1-3H3,(H,14,15,16). The van der Waals surface area contributed by atoms with Gasteiger partial charge in [0.05, 0.1) is 4.92 Å². The van der Waals surface area contributed by atoms with Crippen molar-refractivity contribution >= 4 is 5.69 Å². The largest absolute Gasteiger partial charge is 0.486 e. The molecule has 0 aliphatic heterocycles. The number of hydrogen-bond donors (Lipinski definition) is 1. The SMILES string of the molecule is CC(C)(C)c1n[nH]c(COc2ccc([N+](=O)[O-])cc2)n1. The summed E-state index contributed by atoms with van der Waals surface area (Å²) in [6.07, 6.45) is 0. The molecular weight excluding hydrogens is 260 g/mol. The van der Waals surface area contributed by atoms with Crippen molar-refractivity contribution in [2.24, 2.45) is 0 Å². The van der Waals surface area contributed by atoms with Gasteiger partial charge >= 0.3 is 0 Å². The van der Waals surface area contributed by atoms with Crippen molar-refractivity contribution in [2.45, 2.75) is 32.8 Å². The Balaban J connectivity index is 1.98. The lowest BCUT2D eigenvalue weighted by molar-refractivity contribution is -0.384. The Bertz CT molecular complexity index is 599. The van der Waals surface area contributed by atoms with Gasteiger partial charge in [0.15, 0.2) is 11.6 Å². The van der Waals surface area contributed by atoms with E-state index >= 15 is 0 Å². The van der Waals surface area contributed by atoms with Crippen molar-refractivity contribution in [1.29, 1.82) is 0 Å². The van der Waals surface area contributed by atoms with Crippen molar-refractivity contribution in [3.8, 4) is 5.75 Å². The van der Waals surface area contributed by atoms with Gasteiger partial charge in [0, 0.05) is 17.5 Å². The van der Waals surface area contributed by atoms with E-state index in [1.165, 1.54) is 12.1 Å². The predicted molar refractivity (Wildman–Crippen MR) is 72.5 cm³/mol. The van der Waals surface area contributed by atoms with Gasteiger partial charge < -0.3 is 4.74 Å². The number of nitro benzene ring substituents is 1. The normalized spacial score (nSPS) is 11.3. The maximum absolute atomic E-state index is 10.5. The summed E-state index contributed by atoms with van der Waals surface area (Å²) >= 11 is 0. The number of hydrogen-bond acceptors (Lipinski definition) is 5. The lowest BCUT2D eigenvalue weighted by Crippen LogP contribution is -2.13. The highest BCUT2D eigenvalue weighted by Gasteiger charge is 2.19. The van der Waals surface area contributed by atoms with Gasteiger partial charge in [0.25, 0.3) is 5.69 Å². The quantitative estimate of drug-likeness (QED) is 0.684. The summed E-state index contributed by atoms with van der Waals surface area (Å²) in [7, 11) is 0. The van der Waals surface area contributed by atoms with E-state index in [1.807, 2.05) is 20.8 Å². The number of H-pyrrole nitrogens is 1. The summed E-state index contributed by atoms with van der Waals surface area (Å²) in [6.45, 7) is 6.31. The highest BCUT2D eigenvalue weighted by molar-refractivity contribution is 5.35. The first-order valence-electron chi connectivity index (χ1n) is 6.15. The van der Waals surface area contributed by atoms with Gasteiger partial charge in [-0.1, -0.05) is 20.8 Å². The third-order valence-electron chi connectivity index (χ3n) is 2.63. The number of non-ortho nitro benzene ring substituents is 1. The summed E-state index contributed by atoms with van der Waals surface area (Å²) in [4.78, 5) is 14.4. The fourth-order valence-electron chi connectivity index (χ4n) is 1.51. The zero-order valence-electron chi connectivity index (χ0n) is 11.6. The Morgan fingerprint density at radius 3 is 2.45 bits per heavy atom. The number of nitro groups is 1. The number of benzene rings is 1. The van der Waals surface area contributed by atoms with Gasteiger partial charge in [0.2, 0.25) is 0 Å². The van der Waals surface area contributed by atoms with E-state index in [9.17, 15) is 10.1 Å². The summed E-state index contributed by atoms with van der Waals surface area (Å²) in [5.74, 6) is 1.89. The van der Waals surface area contributed by atoms with Gasteiger partial charge in [-0.3, -0.25) is 15.2 Å². The van der Waals surface area contributed by atoms with E-state index in [0.29, 0.717) is 11.6 Å². The molecule has 2 aromatic rings. The first-order valence-corrected chi connectivity index (χ1v) is 6.15. The molecule has 0 bridgehead atoms. The molecule has 0 saturated heterocycles. The third-order valence-corrected chi connectivity index (χ3v) is 2.63. The van der Waals surface area contributed by atoms with Gasteiger partial charge in [-0.2, -0.15) is 5.10 Å². The molecule has 0 fully saturated rings. The molecule has 1 N–H and O–H groups in total. The molecule has 0 radical (unpaired) electrons. The van der Waals surface area contributed by atoms with Crippen LogP contribution in [0.5, 0.6) is 5.75 Å². The number of aromatic nitrogens is 3. The lowest BCUT2D eigenvalue weighted by Gasteiger charge is -2.11. The highest BCUT2D eigenvalue weighted by atomic mass is 16.6. The molecule has 0 amide bonds. The first kappa shape index (κ1) is 14.0. The van der Waals surface area contributed by atoms with Gasteiger partial charge in [-0.25, -0.2) is 4.98 Å². The smallest absolute Gasteiger partial charge is 0.269 e. The van der Waals surface area contributed by atoms with Crippen LogP contribution in [-0.2, 0) is 12.0 Å². The molecule has 106 valence electrons. The number of ether oxygens (including phenoxy) is 1. The van der Waals surface area contributed by atoms with E-state index < -0.39 is 4.92 Å². The van der Waals surface area contributed by atoms with Crippen LogP contribution in [0.25, 0.3) is 0 Å². The number of nitrogens with one attached hydrogen (secondary N) is 1. The topological polar surface area (TPSA) is 93.9 Å². The van der Waals surface area contributed by atoms with E-state index in [-0.39, 0.29) is 17.7 Å². The monoisotopic (exact) mass is 276 g/mol. The Morgan fingerprint density at radius 1 is 1.30 bits per heavy atom. The minimum atomic E-state index is -0.449. The van der Waals surface area contributed by atoms with Crippen LogP contribution in [0, 0.1) is 10.1 Å². The second-order valence-corrected chi connectivity index (χ2v) is 5.40. The summed E-state index contributed by atoms with van der Waals surface area (Å²) in [6, 6.07) is 5.91. The maximum atomic E-state index is 10.5. The van der Waals surface area contributed by atoms with Crippen LogP contribution >= 0.6 is 0 Å². The number of nitrogens with zero attached hydrogens (tertiary/aromatic N) is 3. The van der Waals surface area contributed by atoms with Crippen LogP contribution in [0.1, 0.15) is 32.4 Å². The van der Waals surface area contributed by atoms with E-state index in [4.69, 9.17) is 4.74 Å². The van der Waals surface area contributed by atoms with Crippen molar-refractivity contribution in [3.05, 3.63) is 46.0 Å². The minimum Gasteiger partial charge on any atom is -0.486 e. The van der Waals surface area contributed by atoms with Gasteiger partial charge in [-0.05, 0) is 12.1 Å². The predicted octanol–water partition coefficient (Wildman–Crippen LogP) is 2.59. The molecular formula is C13H16N4O3. The third kappa shape index (κ3) is 3.31. The molecule has 1 aromatic carbocycles. The maximum Gasteiger partial charge on any atom is 0.269 e. The summed E-state index contributed by atoms with van der Waals surface area (Å²) in [5.41, 5.74) is -0.0886. The second kappa shape index (κ2) is 5.28. The molecule has 0 unspecified atom stereocenters. The van der Waals surface area contributed by atoms with Crippen LogP contribution in [0.15, 0.2) is 24.3 Å². The van der Waals surface area contributed by atoms with Gasteiger partial charge in [0.1, 0.15) is 12.4 Å². The van der Waals surface area contributed by atoms with Crippen LogP contribution in [-0.4, -0.2) is 20.1 Å². The Kier molecular flexibility index (Phi) is 3.69. The summed E-state index contributed by atoms with van der Waals surface area (Å²) < 4.78 is 5.50. The molecule has 7 heteroatoms. The molecule has 0 aliphatic rings. The van der Waals surface area contributed by atoms with Crippen LogP contribution in [0.3, 0.4) is 0 Å². The molecule has 1 heterocycles. The highest BCUT2D eigenvalue weighted by Crippen LogP contribution is 2.19. The van der Waals surface area contributed by atoms with Crippen LogP contribution in [0.2, 0.25) is 0 Å². The zero-order chi connectivity index (χ0) is 14.8. The molecule has 0 spiro atoms. The molecule has 1 aromatic heterocycles. The molecule has 2 rings (SSSR count). The van der Waals surface area contributed by atoms with Crippen molar-refractivity contribution < 1.29 is 9.66 Å². The van der Waals surface area contributed by atoms with Crippen molar-refractivity contribution in [1.82, 2.24) is 15.2 Å². The van der Waals surface area contributed by atoms with Crippen LogP contribution < -0.4 is 4.74 Å². The zero-order valence-corrected chi connectivity index (χ0v) is 11.6. The lowest BCUT2D eigenvalue weighted by atomic mass is 9.96. The van der Waals surface area contributed by atoms with Crippen molar-refractivity contribution in [2.75, 3.05) is 0 Å². The molecule has 0 saturated carbocycles. The molecule has 20 heavy (non-hydrogen) atoms. The Labute approximate surface area is 116 Å². The Morgan fingerprint density at radius 2 is 1.95 bits per heavy atom. The van der Waals surface area contributed by atoms with Gasteiger partial charge in [-0.15, -0.1) is 0 Å². The Hall–Kier alpha value is -2.44.